The summed E-state index contributed by atoms with van der Waals surface area (Å²) in [4.78, 5) is 23.8. The van der Waals surface area contributed by atoms with Gasteiger partial charge >= 0.3 is 5.97 Å². The number of carbonyl (C=O) groups is 2. The number of halogens is 4. The molecule has 110 valence electrons. The van der Waals surface area contributed by atoms with E-state index in [1.54, 1.807) is 13.8 Å². The van der Waals surface area contributed by atoms with Crippen LogP contribution in [0.15, 0.2) is 12.1 Å². The van der Waals surface area contributed by atoms with Crippen LogP contribution in [0.3, 0.4) is 0 Å². The second kappa shape index (κ2) is 6.99. The van der Waals surface area contributed by atoms with Crippen molar-refractivity contribution in [1.82, 2.24) is 0 Å². The van der Waals surface area contributed by atoms with Crippen LogP contribution in [-0.2, 0) is 9.59 Å². The molecule has 1 rings (SSSR count). The van der Waals surface area contributed by atoms with Crippen LogP contribution in [0.2, 0.25) is 15.1 Å². The maximum atomic E-state index is 12.2. The molecule has 0 saturated carbocycles. The Balaban J connectivity index is 3.12. The Labute approximate surface area is 137 Å². The zero-order valence-electron chi connectivity index (χ0n) is 10.8. The van der Waals surface area contributed by atoms with Crippen molar-refractivity contribution in [3.05, 3.63) is 27.2 Å². The van der Waals surface area contributed by atoms with E-state index in [9.17, 15) is 9.59 Å². The fraction of sp³-hybridized carbons (Fsp3) is 0.385. The standard InChI is InChI=1S/C13H12Cl4O3/c1-3-13(4-2,11(17)18)12(19)20-10-6-8(15)7(14)5-9(10)16/h5-6H,3-4H2,1-2H3. The van der Waals surface area contributed by atoms with Gasteiger partial charge in [-0.2, -0.15) is 0 Å². The zero-order chi connectivity index (χ0) is 15.5. The van der Waals surface area contributed by atoms with Gasteiger partial charge in [-0.1, -0.05) is 48.7 Å². The second-order valence-corrected chi connectivity index (χ2v) is 5.71. The maximum Gasteiger partial charge on any atom is 0.326 e. The summed E-state index contributed by atoms with van der Waals surface area (Å²) in [5.41, 5.74) is -1.39. The van der Waals surface area contributed by atoms with Crippen LogP contribution in [0, 0.1) is 5.41 Å². The predicted octanol–water partition coefficient (Wildman–Crippen LogP) is 5.12. The lowest BCUT2D eigenvalue weighted by atomic mass is 9.84. The molecule has 0 spiro atoms. The number of hydrogen-bond acceptors (Lipinski definition) is 3. The van der Waals surface area contributed by atoms with E-state index in [0.717, 1.165) is 0 Å². The molecule has 0 amide bonds. The van der Waals surface area contributed by atoms with Gasteiger partial charge in [0.2, 0.25) is 5.24 Å². The predicted molar refractivity (Wildman–Crippen MR) is 81.0 cm³/mol. The lowest BCUT2D eigenvalue weighted by Crippen LogP contribution is -2.39. The average Bonchev–Trinajstić information content (AvgIpc) is 2.37. The molecule has 0 unspecified atom stereocenters. The largest absolute Gasteiger partial charge is 0.424 e. The third-order valence-electron chi connectivity index (χ3n) is 3.15. The zero-order valence-corrected chi connectivity index (χ0v) is 13.8. The molecule has 0 aromatic heterocycles. The smallest absolute Gasteiger partial charge is 0.326 e. The van der Waals surface area contributed by atoms with Gasteiger partial charge in [-0.3, -0.25) is 9.59 Å². The summed E-state index contributed by atoms with van der Waals surface area (Å²) in [5.74, 6) is -0.724. The Morgan fingerprint density at radius 1 is 1.05 bits per heavy atom. The van der Waals surface area contributed by atoms with Crippen molar-refractivity contribution in [2.75, 3.05) is 0 Å². The molecule has 0 aliphatic rings. The first-order chi connectivity index (χ1) is 9.28. The van der Waals surface area contributed by atoms with Gasteiger partial charge in [0.15, 0.2) is 5.75 Å². The number of benzene rings is 1. The Kier molecular flexibility index (Phi) is 6.14. The molecule has 0 atom stereocenters. The summed E-state index contributed by atoms with van der Waals surface area (Å²) in [6, 6.07) is 2.68. The highest BCUT2D eigenvalue weighted by molar-refractivity contribution is 6.66. The Morgan fingerprint density at radius 2 is 1.55 bits per heavy atom. The fourth-order valence-corrected chi connectivity index (χ4v) is 2.60. The summed E-state index contributed by atoms with van der Waals surface area (Å²) in [6.45, 7) is 3.36. The van der Waals surface area contributed by atoms with Crippen LogP contribution in [0.5, 0.6) is 5.75 Å². The highest BCUT2D eigenvalue weighted by atomic mass is 35.5. The fourth-order valence-electron chi connectivity index (χ4n) is 1.68. The van der Waals surface area contributed by atoms with Crippen molar-refractivity contribution in [3.63, 3.8) is 0 Å². The molecule has 7 heteroatoms. The highest BCUT2D eigenvalue weighted by Gasteiger charge is 2.43. The molecule has 0 aliphatic heterocycles. The van der Waals surface area contributed by atoms with Crippen LogP contribution < -0.4 is 4.74 Å². The molecule has 0 fully saturated rings. The summed E-state index contributed by atoms with van der Waals surface area (Å²) >= 11 is 23.1. The van der Waals surface area contributed by atoms with Gasteiger partial charge in [0.25, 0.3) is 0 Å². The molecule has 0 heterocycles. The Bertz CT molecular complexity index is 539. The van der Waals surface area contributed by atoms with E-state index in [0.29, 0.717) is 0 Å². The molecule has 0 radical (unpaired) electrons. The Hall–Kier alpha value is -0.480. The first-order valence-corrected chi connectivity index (χ1v) is 7.36. The van der Waals surface area contributed by atoms with Gasteiger partial charge in [-0.25, -0.2) is 0 Å². The molecule has 0 saturated heterocycles. The normalized spacial score (nSPS) is 11.3. The van der Waals surface area contributed by atoms with E-state index >= 15 is 0 Å². The molecule has 3 nitrogen and oxygen atoms in total. The van der Waals surface area contributed by atoms with E-state index in [4.69, 9.17) is 51.1 Å². The quantitative estimate of drug-likeness (QED) is 0.241. The van der Waals surface area contributed by atoms with Crippen LogP contribution >= 0.6 is 46.4 Å². The van der Waals surface area contributed by atoms with Crippen LogP contribution in [-0.4, -0.2) is 11.2 Å². The number of hydrogen-bond donors (Lipinski definition) is 0. The van der Waals surface area contributed by atoms with Gasteiger partial charge < -0.3 is 4.74 Å². The van der Waals surface area contributed by atoms with Crippen molar-refractivity contribution in [3.8, 4) is 5.75 Å². The lowest BCUT2D eigenvalue weighted by molar-refractivity contribution is -0.150. The third kappa shape index (κ3) is 3.40. The third-order valence-corrected chi connectivity index (χ3v) is 4.53. The van der Waals surface area contributed by atoms with E-state index in [-0.39, 0.29) is 33.7 Å². The lowest BCUT2D eigenvalue weighted by Gasteiger charge is -2.24. The van der Waals surface area contributed by atoms with Gasteiger partial charge in [0, 0.05) is 6.07 Å². The van der Waals surface area contributed by atoms with Crippen molar-refractivity contribution >= 4 is 57.6 Å². The van der Waals surface area contributed by atoms with Crippen molar-refractivity contribution in [2.24, 2.45) is 5.41 Å². The molecule has 1 aromatic rings. The van der Waals surface area contributed by atoms with Crippen LogP contribution in [0.4, 0.5) is 0 Å². The van der Waals surface area contributed by atoms with Crippen molar-refractivity contribution in [2.45, 2.75) is 26.7 Å². The molecular weight excluding hydrogens is 346 g/mol. The second-order valence-electron chi connectivity index (χ2n) is 4.15. The summed E-state index contributed by atoms with van der Waals surface area (Å²) in [7, 11) is 0. The minimum atomic E-state index is -1.39. The number of ether oxygens (including phenoxy) is 1. The van der Waals surface area contributed by atoms with E-state index in [1.807, 2.05) is 0 Å². The monoisotopic (exact) mass is 356 g/mol. The van der Waals surface area contributed by atoms with Gasteiger partial charge in [-0.05, 0) is 30.5 Å². The molecular formula is C13H12Cl4O3. The topological polar surface area (TPSA) is 43.4 Å². The number of rotatable bonds is 5. The molecule has 1 aromatic carbocycles. The number of esters is 1. The average molecular weight is 358 g/mol. The summed E-state index contributed by atoms with van der Waals surface area (Å²) in [6.07, 6.45) is 0.452. The molecule has 0 aliphatic carbocycles. The minimum Gasteiger partial charge on any atom is -0.424 e. The van der Waals surface area contributed by atoms with Crippen molar-refractivity contribution in [1.29, 1.82) is 0 Å². The summed E-state index contributed by atoms with van der Waals surface area (Å²) in [5, 5.41) is -0.212. The molecule has 20 heavy (non-hydrogen) atoms. The number of carbonyl (C=O) groups excluding carboxylic acids is 2. The molecule has 0 N–H and O–H groups in total. The Morgan fingerprint density at radius 3 is 2.00 bits per heavy atom. The SMILES string of the molecule is CCC(CC)(C(=O)Cl)C(=O)Oc1cc(Cl)c(Cl)cc1Cl. The van der Waals surface area contributed by atoms with Gasteiger partial charge in [0.1, 0.15) is 5.41 Å². The van der Waals surface area contributed by atoms with E-state index < -0.39 is 16.6 Å². The first-order valence-electron chi connectivity index (χ1n) is 5.85. The minimum absolute atomic E-state index is 0.0373. The van der Waals surface area contributed by atoms with E-state index in [2.05, 4.69) is 0 Å². The highest BCUT2D eigenvalue weighted by Crippen LogP contribution is 2.37. The van der Waals surface area contributed by atoms with E-state index in [1.165, 1.54) is 12.1 Å². The van der Waals surface area contributed by atoms with Crippen LogP contribution in [0.25, 0.3) is 0 Å². The van der Waals surface area contributed by atoms with Gasteiger partial charge in [-0.15, -0.1) is 0 Å². The first kappa shape index (κ1) is 17.6. The maximum absolute atomic E-state index is 12.2. The molecule has 0 bridgehead atoms. The van der Waals surface area contributed by atoms with Crippen LogP contribution in [0.1, 0.15) is 26.7 Å². The van der Waals surface area contributed by atoms with Crippen molar-refractivity contribution < 1.29 is 14.3 Å². The van der Waals surface area contributed by atoms with Gasteiger partial charge in [0.05, 0.1) is 15.1 Å². The summed E-state index contributed by atoms with van der Waals surface area (Å²) < 4.78 is 5.17.